The molecule has 2 amide bonds. The number of benzene rings is 3. The lowest BCUT2D eigenvalue weighted by Crippen LogP contribution is -2.33. The van der Waals surface area contributed by atoms with Crippen molar-refractivity contribution in [3.8, 4) is 11.3 Å². The highest BCUT2D eigenvalue weighted by Crippen LogP contribution is 2.24. The number of aryl methyl sites for hydroxylation is 3. The molecule has 4 aromatic rings. The van der Waals surface area contributed by atoms with Gasteiger partial charge in [0.1, 0.15) is 5.76 Å². The molecule has 0 spiro atoms. The molecule has 0 aliphatic carbocycles. The topological polar surface area (TPSA) is 83.4 Å². The highest BCUT2D eigenvalue weighted by Gasteiger charge is 2.15. The number of anilines is 2. The normalized spacial score (nSPS) is 10.5. The Hall–Kier alpha value is -4.23. The SMILES string of the molecule is Cc1ccc(-c2ccc(C(=O)NC(=S)Nc3cccc(NC(=O)c4ccccc4C)c3)o2)cc1C. The van der Waals surface area contributed by atoms with Gasteiger partial charge in [0.05, 0.1) is 0 Å². The van der Waals surface area contributed by atoms with Crippen LogP contribution in [0.15, 0.2) is 83.3 Å². The summed E-state index contributed by atoms with van der Waals surface area (Å²) in [4.78, 5) is 25.2. The molecule has 1 aromatic heterocycles. The fourth-order valence-electron chi connectivity index (χ4n) is 3.54. The summed E-state index contributed by atoms with van der Waals surface area (Å²) in [5.41, 5.74) is 5.95. The molecule has 0 bridgehead atoms. The molecule has 4 rings (SSSR count). The summed E-state index contributed by atoms with van der Waals surface area (Å²) >= 11 is 5.30. The van der Waals surface area contributed by atoms with Crippen LogP contribution in [0.1, 0.15) is 37.6 Å². The number of hydrogen-bond donors (Lipinski definition) is 3. The molecule has 0 unspecified atom stereocenters. The molecule has 0 aliphatic rings. The Kier molecular flexibility index (Phi) is 7.08. The van der Waals surface area contributed by atoms with Gasteiger partial charge in [-0.2, -0.15) is 0 Å². The van der Waals surface area contributed by atoms with Crippen LogP contribution in [0.5, 0.6) is 0 Å². The maximum Gasteiger partial charge on any atom is 0.293 e. The number of carbonyl (C=O) groups is 2. The average Bonchev–Trinajstić information content (AvgIpc) is 3.32. The molecule has 0 fully saturated rings. The first-order valence-electron chi connectivity index (χ1n) is 11.1. The quantitative estimate of drug-likeness (QED) is 0.292. The van der Waals surface area contributed by atoms with Gasteiger partial charge in [0.15, 0.2) is 10.9 Å². The van der Waals surface area contributed by atoms with Crippen molar-refractivity contribution in [2.45, 2.75) is 20.8 Å². The first-order valence-corrected chi connectivity index (χ1v) is 11.5. The van der Waals surface area contributed by atoms with Crippen LogP contribution >= 0.6 is 12.2 Å². The smallest absolute Gasteiger partial charge is 0.293 e. The monoisotopic (exact) mass is 483 g/mol. The fourth-order valence-corrected chi connectivity index (χ4v) is 3.75. The van der Waals surface area contributed by atoms with Crippen molar-refractivity contribution in [1.82, 2.24) is 5.32 Å². The predicted octanol–water partition coefficient (Wildman–Crippen LogP) is 6.25. The van der Waals surface area contributed by atoms with Gasteiger partial charge >= 0.3 is 0 Å². The van der Waals surface area contributed by atoms with E-state index in [1.54, 1.807) is 42.5 Å². The van der Waals surface area contributed by atoms with Crippen molar-refractivity contribution in [1.29, 1.82) is 0 Å². The zero-order valence-electron chi connectivity index (χ0n) is 19.6. The van der Waals surface area contributed by atoms with Gasteiger partial charge in [0.2, 0.25) is 0 Å². The lowest BCUT2D eigenvalue weighted by molar-refractivity contribution is 0.0950. The zero-order chi connectivity index (χ0) is 24.9. The van der Waals surface area contributed by atoms with Crippen molar-refractivity contribution in [3.05, 3.63) is 107 Å². The van der Waals surface area contributed by atoms with Crippen LogP contribution in [-0.2, 0) is 0 Å². The molecule has 1 heterocycles. The van der Waals surface area contributed by atoms with E-state index in [0.717, 1.165) is 16.7 Å². The highest BCUT2D eigenvalue weighted by molar-refractivity contribution is 7.80. The molecule has 0 saturated carbocycles. The second kappa shape index (κ2) is 10.4. The van der Waals surface area contributed by atoms with Crippen molar-refractivity contribution < 1.29 is 14.0 Å². The van der Waals surface area contributed by atoms with Gasteiger partial charge in [0.25, 0.3) is 11.8 Å². The van der Waals surface area contributed by atoms with E-state index in [2.05, 4.69) is 16.0 Å². The minimum absolute atomic E-state index is 0.113. The van der Waals surface area contributed by atoms with E-state index in [-0.39, 0.29) is 16.8 Å². The Labute approximate surface area is 209 Å². The molecule has 35 heavy (non-hydrogen) atoms. The maximum absolute atomic E-state index is 12.6. The van der Waals surface area contributed by atoms with E-state index in [4.69, 9.17) is 16.6 Å². The first-order chi connectivity index (χ1) is 16.8. The van der Waals surface area contributed by atoms with E-state index in [1.807, 2.05) is 57.2 Å². The Bertz CT molecular complexity index is 1420. The highest BCUT2D eigenvalue weighted by atomic mass is 32.1. The van der Waals surface area contributed by atoms with Crippen molar-refractivity contribution >= 4 is 40.5 Å². The maximum atomic E-state index is 12.6. The summed E-state index contributed by atoms with van der Waals surface area (Å²) in [7, 11) is 0. The lowest BCUT2D eigenvalue weighted by Gasteiger charge is -2.11. The fraction of sp³-hybridized carbons (Fsp3) is 0.107. The van der Waals surface area contributed by atoms with Crippen LogP contribution in [0.4, 0.5) is 11.4 Å². The number of nitrogens with one attached hydrogen (secondary N) is 3. The summed E-state index contributed by atoms with van der Waals surface area (Å²) in [5.74, 6) is 0.103. The van der Waals surface area contributed by atoms with E-state index in [9.17, 15) is 9.59 Å². The Balaban J connectivity index is 1.38. The number of thiocarbonyl (C=S) groups is 1. The van der Waals surface area contributed by atoms with Gasteiger partial charge in [-0.25, -0.2) is 0 Å². The molecule has 3 aromatic carbocycles. The van der Waals surface area contributed by atoms with Crippen molar-refractivity contribution in [2.75, 3.05) is 10.6 Å². The summed E-state index contributed by atoms with van der Waals surface area (Å²) < 4.78 is 5.75. The van der Waals surface area contributed by atoms with Crippen LogP contribution in [-0.4, -0.2) is 16.9 Å². The Morgan fingerprint density at radius 2 is 1.46 bits per heavy atom. The summed E-state index contributed by atoms with van der Waals surface area (Å²) in [5, 5.41) is 8.58. The molecule has 6 nitrogen and oxygen atoms in total. The summed E-state index contributed by atoms with van der Waals surface area (Å²) in [6, 6.07) is 23.8. The van der Waals surface area contributed by atoms with Gasteiger partial charge in [-0.3, -0.25) is 14.9 Å². The minimum Gasteiger partial charge on any atom is -0.451 e. The standard InChI is InChI=1S/C28H25N3O3S/c1-17-11-12-20(15-19(17)3)24-13-14-25(34-24)27(33)31-28(35)30-22-9-6-8-21(16-22)29-26(32)23-10-5-4-7-18(23)2/h4-16H,1-3H3,(H,29,32)(H2,30,31,33,35). The molecule has 0 aliphatic heterocycles. The molecular weight excluding hydrogens is 458 g/mol. The van der Waals surface area contributed by atoms with Crippen LogP contribution in [0.2, 0.25) is 0 Å². The third-order valence-corrected chi connectivity index (χ3v) is 5.82. The van der Waals surface area contributed by atoms with Crippen LogP contribution in [0.25, 0.3) is 11.3 Å². The number of furan rings is 1. The minimum atomic E-state index is -0.457. The van der Waals surface area contributed by atoms with Crippen LogP contribution in [0.3, 0.4) is 0 Å². The third kappa shape index (κ3) is 5.83. The Morgan fingerprint density at radius 3 is 2.20 bits per heavy atom. The van der Waals surface area contributed by atoms with E-state index in [0.29, 0.717) is 22.7 Å². The molecule has 0 radical (unpaired) electrons. The first kappa shape index (κ1) is 23.9. The van der Waals surface area contributed by atoms with Crippen LogP contribution in [0, 0.1) is 20.8 Å². The van der Waals surface area contributed by atoms with Gasteiger partial charge in [-0.1, -0.05) is 36.4 Å². The van der Waals surface area contributed by atoms with E-state index in [1.165, 1.54) is 5.56 Å². The summed E-state index contributed by atoms with van der Waals surface area (Å²) in [6.45, 7) is 5.96. The average molecular weight is 484 g/mol. The number of rotatable bonds is 5. The third-order valence-electron chi connectivity index (χ3n) is 5.62. The van der Waals surface area contributed by atoms with Gasteiger partial charge in [-0.15, -0.1) is 0 Å². The van der Waals surface area contributed by atoms with Crippen molar-refractivity contribution in [2.24, 2.45) is 0 Å². The number of hydrogen-bond acceptors (Lipinski definition) is 4. The van der Waals surface area contributed by atoms with E-state index < -0.39 is 5.91 Å². The van der Waals surface area contributed by atoms with Crippen LogP contribution < -0.4 is 16.0 Å². The molecule has 3 N–H and O–H groups in total. The number of amides is 2. The second-order valence-corrected chi connectivity index (χ2v) is 8.63. The van der Waals surface area contributed by atoms with E-state index >= 15 is 0 Å². The van der Waals surface area contributed by atoms with Crippen molar-refractivity contribution in [3.63, 3.8) is 0 Å². The van der Waals surface area contributed by atoms with Gasteiger partial charge in [0, 0.05) is 22.5 Å². The molecule has 0 atom stereocenters. The molecule has 7 heteroatoms. The summed E-state index contributed by atoms with van der Waals surface area (Å²) in [6.07, 6.45) is 0. The second-order valence-electron chi connectivity index (χ2n) is 8.22. The predicted molar refractivity (Wildman–Crippen MR) is 143 cm³/mol. The zero-order valence-corrected chi connectivity index (χ0v) is 20.5. The largest absolute Gasteiger partial charge is 0.451 e. The number of carbonyl (C=O) groups excluding carboxylic acids is 2. The molecule has 0 saturated heterocycles. The molecular formula is C28H25N3O3S. The van der Waals surface area contributed by atoms with Gasteiger partial charge < -0.3 is 15.1 Å². The molecule has 176 valence electrons. The Morgan fingerprint density at radius 1 is 0.714 bits per heavy atom. The van der Waals surface area contributed by atoms with Gasteiger partial charge in [-0.05, 0) is 92.1 Å². The lowest BCUT2D eigenvalue weighted by atomic mass is 10.1.